The lowest BCUT2D eigenvalue weighted by Gasteiger charge is -2.09. The van der Waals surface area contributed by atoms with E-state index >= 15 is 0 Å². The van der Waals surface area contributed by atoms with Crippen LogP contribution in [0.3, 0.4) is 0 Å². The Kier molecular flexibility index (Phi) is 6.44. The van der Waals surface area contributed by atoms with E-state index < -0.39 is 5.97 Å². The van der Waals surface area contributed by atoms with Crippen LogP contribution in [0, 0.1) is 0 Å². The van der Waals surface area contributed by atoms with Gasteiger partial charge in [0.15, 0.2) is 11.5 Å². The molecule has 9 heteroatoms. The first-order valence-corrected chi connectivity index (χ1v) is 10.6. The third-order valence-electron chi connectivity index (χ3n) is 4.43. The Bertz CT molecular complexity index is 1320. The number of carbonyl (C=O) groups excluding carboxylic acids is 2. The monoisotopic (exact) mass is 465 g/mol. The van der Waals surface area contributed by atoms with Gasteiger partial charge in [-0.25, -0.2) is 10.2 Å². The molecule has 1 N–H and O–H groups in total. The minimum Gasteiger partial charge on any atom is -0.493 e. The van der Waals surface area contributed by atoms with Gasteiger partial charge in [-0.15, -0.1) is 11.3 Å². The number of amides is 1. The third kappa shape index (κ3) is 4.61. The molecule has 2 aromatic carbocycles. The van der Waals surface area contributed by atoms with Crippen molar-refractivity contribution >= 4 is 51.1 Å². The first kappa shape index (κ1) is 21.5. The Balaban J connectivity index is 1.47. The zero-order valence-corrected chi connectivity index (χ0v) is 18.3. The molecule has 0 aliphatic heterocycles. The van der Waals surface area contributed by atoms with Gasteiger partial charge in [0.05, 0.1) is 18.3 Å². The van der Waals surface area contributed by atoms with Crippen molar-refractivity contribution in [3.63, 3.8) is 0 Å². The molecule has 0 aliphatic rings. The van der Waals surface area contributed by atoms with Crippen molar-refractivity contribution in [3.8, 4) is 11.5 Å². The van der Waals surface area contributed by atoms with Gasteiger partial charge in [-0.05, 0) is 42.0 Å². The van der Waals surface area contributed by atoms with Crippen LogP contribution in [0.5, 0.6) is 11.5 Å². The zero-order valence-electron chi connectivity index (χ0n) is 16.7. The predicted molar refractivity (Wildman–Crippen MR) is 124 cm³/mol. The number of aromatic nitrogens is 1. The molecule has 32 heavy (non-hydrogen) atoms. The summed E-state index contributed by atoms with van der Waals surface area (Å²) in [4.78, 5) is 28.9. The quantitative estimate of drug-likeness (QED) is 0.188. The van der Waals surface area contributed by atoms with Crippen molar-refractivity contribution in [1.29, 1.82) is 0 Å². The highest BCUT2D eigenvalue weighted by Gasteiger charge is 2.20. The first-order valence-electron chi connectivity index (χ1n) is 9.37. The van der Waals surface area contributed by atoms with E-state index in [0.29, 0.717) is 26.8 Å². The SMILES string of the molecule is COc1cc(/C=N/NC(=O)c2ccncc2)ccc1OC(=O)c1sc2ccccc2c1Cl. The maximum atomic E-state index is 12.7. The van der Waals surface area contributed by atoms with Gasteiger partial charge in [0, 0.05) is 28.0 Å². The molecule has 7 nitrogen and oxygen atoms in total. The molecule has 4 aromatic rings. The smallest absolute Gasteiger partial charge is 0.355 e. The number of hydrogen-bond acceptors (Lipinski definition) is 7. The molecule has 2 aromatic heterocycles. The van der Waals surface area contributed by atoms with Crippen molar-refractivity contribution < 1.29 is 19.1 Å². The van der Waals surface area contributed by atoms with Gasteiger partial charge >= 0.3 is 5.97 Å². The van der Waals surface area contributed by atoms with Gasteiger partial charge < -0.3 is 9.47 Å². The zero-order chi connectivity index (χ0) is 22.5. The van der Waals surface area contributed by atoms with Crippen molar-refractivity contribution in [1.82, 2.24) is 10.4 Å². The summed E-state index contributed by atoms with van der Waals surface area (Å²) in [6, 6.07) is 15.6. The lowest BCUT2D eigenvalue weighted by Crippen LogP contribution is -2.17. The average molecular weight is 466 g/mol. The molecule has 0 radical (unpaired) electrons. The van der Waals surface area contributed by atoms with E-state index in [2.05, 4.69) is 15.5 Å². The highest BCUT2D eigenvalue weighted by atomic mass is 35.5. The van der Waals surface area contributed by atoms with Gasteiger partial charge in [-0.2, -0.15) is 5.10 Å². The fourth-order valence-corrected chi connectivity index (χ4v) is 4.26. The number of pyridine rings is 1. The summed E-state index contributed by atoms with van der Waals surface area (Å²) in [7, 11) is 1.46. The van der Waals surface area contributed by atoms with E-state index in [1.54, 1.807) is 30.3 Å². The van der Waals surface area contributed by atoms with Crippen LogP contribution in [0.25, 0.3) is 10.1 Å². The van der Waals surface area contributed by atoms with Crippen molar-refractivity contribution in [2.45, 2.75) is 0 Å². The van der Waals surface area contributed by atoms with E-state index in [0.717, 1.165) is 10.1 Å². The summed E-state index contributed by atoms with van der Waals surface area (Å²) in [6.07, 6.45) is 4.50. The molecule has 2 heterocycles. The van der Waals surface area contributed by atoms with Gasteiger partial charge in [-0.1, -0.05) is 29.8 Å². The van der Waals surface area contributed by atoms with Crippen LogP contribution in [0.2, 0.25) is 5.02 Å². The van der Waals surface area contributed by atoms with E-state index in [1.165, 1.54) is 37.1 Å². The number of nitrogens with one attached hydrogen (secondary N) is 1. The molecule has 0 saturated heterocycles. The maximum absolute atomic E-state index is 12.7. The predicted octanol–water partition coefficient (Wildman–Crippen LogP) is 4.94. The van der Waals surface area contributed by atoms with Crippen LogP contribution in [0.15, 0.2) is 72.1 Å². The van der Waals surface area contributed by atoms with Gasteiger partial charge in [0.1, 0.15) is 4.88 Å². The summed E-state index contributed by atoms with van der Waals surface area (Å²) in [5.41, 5.74) is 3.51. The van der Waals surface area contributed by atoms with Crippen molar-refractivity contribution in [2.24, 2.45) is 5.10 Å². The van der Waals surface area contributed by atoms with Gasteiger partial charge in [0.25, 0.3) is 5.91 Å². The number of nitrogens with zero attached hydrogens (tertiary/aromatic N) is 2. The van der Waals surface area contributed by atoms with E-state index in [4.69, 9.17) is 21.1 Å². The van der Waals surface area contributed by atoms with E-state index in [-0.39, 0.29) is 11.7 Å². The second-order valence-electron chi connectivity index (χ2n) is 6.48. The Morgan fingerprint density at radius 3 is 2.62 bits per heavy atom. The normalized spacial score (nSPS) is 10.9. The summed E-state index contributed by atoms with van der Waals surface area (Å²) in [5.74, 6) is -0.356. The number of benzene rings is 2. The number of halogens is 1. The van der Waals surface area contributed by atoms with Crippen LogP contribution < -0.4 is 14.9 Å². The number of rotatable bonds is 6. The molecule has 4 rings (SSSR count). The lowest BCUT2D eigenvalue weighted by atomic mass is 10.2. The molecule has 1 amide bonds. The molecular weight excluding hydrogens is 450 g/mol. The fraction of sp³-hybridized carbons (Fsp3) is 0.0435. The second-order valence-corrected chi connectivity index (χ2v) is 7.91. The third-order valence-corrected chi connectivity index (χ3v) is 6.09. The minimum absolute atomic E-state index is 0.240. The van der Waals surface area contributed by atoms with E-state index in [1.807, 2.05) is 24.3 Å². The molecule has 0 aliphatic carbocycles. The first-order chi connectivity index (χ1) is 15.6. The van der Waals surface area contributed by atoms with Crippen LogP contribution in [0.1, 0.15) is 25.6 Å². The number of hydrogen-bond donors (Lipinski definition) is 1. The number of esters is 1. The number of methoxy groups -OCH3 is 1. The molecule has 0 atom stereocenters. The van der Waals surface area contributed by atoms with Gasteiger partial charge in [-0.3, -0.25) is 9.78 Å². The summed E-state index contributed by atoms with van der Waals surface area (Å²) >= 11 is 7.63. The minimum atomic E-state index is -0.569. The van der Waals surface area contributed by atoms with Crippen molar-refractivity contribution in [3.05, 3.63) is 88.0 Å². The van der Waals surface area contributed by atoms with Gasteiger partial charge in [0.2, 0.25) is 0 Å². The number of ether oxygens (including phenoxy) is 2. The standard InChI is InChI=1S/C23H16ClN3O4S/c1-30-18-12-14(13-26-27-22(28)15-8-10-25-11-9-15)6-7-17(18)31-23(29)21-20(24)16-4-2-3-5-19(16)32-21/h2-13H,1H3,(H,27,28)/b26-13+. The molecule has 0 fully saturated rings. The van der Waals surface area contributed by atoms with Crippen LogP contribution in [0.4, 0.5) is 0 Å². The Morgan fingerprint density at radius 1 is 1.09 bits per heavy atom. The Labute approximate surface area is 192 Å². The molecule has 0 bridgehead atoms. The van der Waals surface area contributed by atoms with Crippen molar-refractivity contribution in [2.75, 3.05) is 7.11 Å². The maximum Gasteiger partial charge on any atom is 0.355 e. The van der Waals surface area contributed by atoms with Crippen LogP contribution in [-0.2, 0) is 0 Å². The summed E-state index contributed by atoms with van der Waals surface area (Å²) in [5, 5.41) is 5.11. The largest absolute Gasteiger partial charge is 0.493 e. The highest BCUT2D eigenvalue weighted by Crippen LogP contribution is 2.36. The molecular formula is C23H16ClN3O4S. The number of hydrazone groups is 1. The molecule has 0 unspecified atom stereocenters. The molecule has 0 spiro atoms. The Morgan fingerprint density at radius 2 is 1.88 bits per heavy atom. The number of fused-ring (bicyclic) bond motifs is 1. The highest BCUT2D eigenvalue weighted by molar-refractivity contribution is 7.21. The van der Waals surface area contributed by atoms with Crippen LogP contribution in [-0.4, -0.2) is 30.2 Å². The fourth-order valence-electron chi connectivity index (χ4n) is 2.87. The molecule has 0 saturated carbocycles. The van der Waals surface area contributed by atoms with E-state index in [9.17, 15) is 9.59 Å². The summed E-state index contributed by atoms with van der Waals surface area (Å²) in [6.45, 7) is 0. The molecule has 160 valence electrons. The topological polar surface area (TPSA) is 89.9 Å². The summed E-state index contributed by atoms with van der Waals surface area (Å²) < 4.78 is 11.8. The number of carbonyl (C=O) groups is 2. The average Bonchev–Trinajstić information content (AvgIpc) is 3.17. The second kappa shape index (κ2) is 9.59. The Hall–Kier alpha value is -3.75. The lowest BCUT2D eigenvalue weighted by molar-refractivity contribution is 0.0734. The van der Waals surface area contributed by atoms with Crippen LogP contribution >= 0.6 is 22.9 Å². The number of thiophene rings is 1.